The van der Waals surface area contributed by atoms with Crippen LogP contribution in [0.5, 0.6) is 0 Å². The Balaban J connectivity index is 3.16. The van der Waals surface area contributed by atoms with E-state index >= 15 is 0 Å². The van der Waals surface area contributed by atoms with Gasteiger partial charge in [0.1, 0.15) is 6.10 Å². The van der Waals surface area contributed by atoms with Crippen LogP contribution in [0.15, 0.2) is 11.7 Å². The third-order valence-electron chi connectivity index (χ3n) is 3.08. The summed E-state index contributed by atoms with van der Waals surface area (Å²) in [5, 5.41) is 0. The average Bonchev–Trinajstić information content (AvgIpc) is 2.32. The van der Waals surface area contributed by atoms with Crippen molar-refractivity contribution in [3.05, 3.63) is 11.7 Å². The first-order chi connectivity index (χ1) is 10.3. The molecule has 0 aromatic heterocycles. The van der Waals surface area contributed by atoms with Crippen molar-refractivity contribution in [3.63, 3.8) is 0 Å². The van der Waals surface area contributed by atoms with Gasteiger partial charge in [-0.1, -0.05) is 6.42 Å². The Morgan fingerprint density at radius 1 is 0.826 bits per heavy atom. The summed E-state index contributed by atoms with van der Waals surface area (Å²) in [6.07, 6.45) is -0.275. The second-order valence-corrected chi connectivity index (χ2v) is 16.8. The van der Waals surface area contributed by atoms with E-state index in [-0.39, 0.29) is 6.10 Å². The number of allylic oxidation sites excluding steroid dienone is 1. The minimum atomic E-state index is -4.62. The highest BCUT2D eigenvalue weighted by Gasteiger charge is 2.45. The molecule has 0 aromatic carbocycles. The van der Waals surface area contributed by atoms with E-state index < -0.39 is 34.5 Å². The first-order valence-corrected chi connectivity index (χ1v) is 15.0. The molecule has 0 bridgehead atoms. The summed E-state index contributed by atoms with van der Waals surface area (Å²) in [6, 6.07) is 0. The standard InChI is InChI=1S/C15H29F3O3Si2/c1-22(2,3)20-13(15(16,17)18)14(21-23(4,5)6)19-12-10-8-7-9-11-12/h12H,7-11H2,1-6H3. The molecule has 0 unspecified atom stereocenters. The van der Waals surface area contributed by atoms with Gasteiger partial charge in [0.05, 0.1) is 0 Å². The minimum absolute atomic E-state index is 0.224. The summed E-state index contributed by atoms with van der Waals surface area (Å²) < 4.78 is 57.2. The summed E-state index contributed by atoms with van der Waals surface area (Å²) >= 11 is 0. The molecule has 1 rings (SSSR count). The molecule has 1 aliphatic carbocycles. The number of ether oxygens (including phenoxy) is 1. The van der Waals surface area contributed by atoms with Crippen LogP contribution < -0.4 is 0 Å². The second-order valence-electron chi connectivity index (χ2n) is 7.92. The quantitative estimate of drug-likeness (QED) is 0.439. The van der Waals surface area contributed by atoms with Crippen molar-refractivity contribution >= 4 is 16.6 Å². The molecule has 1 fully saturated rings. The Morgan fingerprint density at radius 3 is 1.70 bits per heavy atom. The third kappa shape index (κ3) is 8.14. The Morgan fingerprint density at radius 2 is 1.30 bits per heavy atom. The molecule has 0 spiro atoms. The van der Waals surface area contributed by atoms with Crippen molar-refractivity contribution in [2.75, 3.05) is 0 Å². The van der Waals surface area contributed by atoms with Crippen LogP contribution in [0, 0.1) is 0 Å². The Bertz CT molecular complexity index is 417. The molecule has 0 radical (unpaired) electrons. The van der Waals surface area contributed by atoms with Crippen LogP contribution in [0.25, 0.3) is 0 Å². The molecule has 0 heterocycles. The van der Waals surface area contributed by atoms with Crippen molar-refractivity contribution in [1.82, 2.24) is 0 Å². The summed E-state index contributed by atoms with van der Waals surface area (Å²) in [6.45, 7) is 10.6. The van der Waals surface area contributed by atoms with Gasteiger partial charge in [-0.3, -0.25) is 0 Å². The topological polar surface area (TPSA) is 27.7 Å². The molecule has 136 valence electrons. The summed E-state index contributed by atoms with van der Waals surface area (Å²) in [5.74, 6) is -1.55. The Hall–Kier alpha value is -0.636. The van der Waals surface area contributed by atoms with Crippen LogP contribution >= 0.6 is 0 Å². The fraction of sp³-hybridized carbons (Fsp3) is 0.867. The lowest BCUT2D eigenvalue weighted by molar-refractivity contribution is -0.131. The lowest BCUT2D eigenvalue weighted by atomic mass is 9.98. The van der Waals surface area contributed by atoms with E-state index in [1.807, 2.05) is 19.6 Å². The SMILES string of the molecule is C[Si](C)(C)OC(OC1CCCCC1)=C(O[Si](C)(C)C)C(F)(F)F. The minimum Gasteiger partial charge on any atom is -0.536 e. The number of rotatable bonds is 6. The van der Waals surface area contributed by atoms with Gasteiger partial charge in [0.15, 0.2) is 0 Å². The number of hydrogen-bond acceptors (Lipinski definition) is 3. The number of alkyl halides is 3. The monoisotopic (exact) mass is 370 g/mol. The zero-order valence-electron chi connectivity index (χ0n) is 15.0. The van der Waals surface area contributed by atoms with Crippen LogP contribution in [0.1, 0.15) is 32.1 Å². The summed E-state index contributed by atoms with van der Waals surface area (Å²) in [4.78, 5) is 0. The lowest BCUT2D eigenvalue weighted by Gasteiger charge is -2.31. The van der Waals surface area contributed by atoms with Gasteiger partial charge >= 0.3 is 12.1 Å². The maximum atomic E-state index is 13.5. The highest BCUT2D eigenvalue weighted by molar-refractivity contribution is 6.70. The van der Waals surface area contributed by atoms with Crippen molar-refractivity contribution in [2.45, 2.75) is 83.7 Å². The van der Waals surface area contributed by atoms with Gasteiger partial charge in [0, 0.05) is 0 Å². The van der Waals surface area contributed by atoms with Gasteiger partial charge in [-0.15, -0.1) is 0 Å². The Labute approximate surface area is 139 Å². The van der Waals surface area contributed by atoms with E-state index in [1.165, 1.54) is 0 Å². The highest BCUT2D eigenvalue weighted by Crippen LogP contribution is 2.35. The molecule has 0 saturated heterocycles. The van der Waals surface area contributed by atoms with E-state index in [0.717, 1.165) is 32.1 Å². The number of hydrogen-bond donors (Lipinski definition) is 0. The first-order valence-electron chi connectivity index (χ1n) is 8.14. The smallest absolute Gasteiger partial charge is 0.454 e. The zero-order chi connectivity index (χ0) is 17.9. The molecule has 0 atom stereocenters. The van der Waals surface area contributed by atoms with Crippen molar-refractivity contribution < 1.29 is 26.8 Å². The van der Waals surface area contributed by atoms with E-state index in [1.54, 1.807) is 19.6 Å². The molecule has 8 heteroatoms. The van der Waals surface area contributed by atoms with Gasteiger partial charge in [-0.25, -0.2) is 0 Å². The maximum absolute atomic E-state index is 13.5. The fourth-order valence-corrected chi connectivity index (χ4v) is 3.77. The van der Waals surface area contributed by atoms with Gasteiger partial charge in [-0.05, 0) is 65.0 Å². The van der Waals surface area contributed by atoms with Crippen molar-refractivity contribution in [3.8, 4) is 0 Å². The van der Waals surface area contributed by atoms with Crippen molar-refractivity contribution in [1.29, 1.82) is 0 Å². The largest absolute Gasteiger partial charge is 0.536 e. The molecule has 1 saturated carbocycles. The van der Waals surface area contributed by atoms with Gasteiger partial charge < -0.3 is 13.6 Å². The van der Waals surface area contributed by atoms with Gasteiger partial charge in [0.2, 0.25) is 16.6 Å². The Kier molecular flexibility index (Phi) is 6.66. The van der Waals surface area contributed by atoms with Gasteiger partial charge in [0.25, 0.3) is 5.76 Å². The normalized spacial score (nSPS) is 19.2. The molecule has 1 aliphatic rings. The van der Waals surface area contributed by atoms with Crippen molar-refractivity contribution in [2.24, 2.45) is 0 Å². The molecule has 0 aromatic rings. The predicted octanol–water partition coefficient (Wildman–Crippen LogP) is 5.77. The maximum Gasteiger partial charge on any atom is 0.454 e. The van der Waals surface area contributed by atoms with Crippen LogP contribution in [-0.2, 0) is 13.6 Å². The van der Waals surface area contributed by atoms with E-state index in [4.69, 9.17) is 13.6 Å². The van der Waals surface area contributed by atoms with Crippen LogP contribution in [0.4, 0.5) is 13.2 Å². The molecule has 3 nitrogen and oxygen atoms in total. The predicted molar refractivity (Wildman–Crippen MR) is 89.9 cm³/mol. The summed E-state index contributed by atoms with van der Waals surface area (Å²) in [5.41, 5.74) is 0. The zero-order valence-corrected chi connectivity index (χ0v) is 17.0. The molecule has 0 N–H and O–H groups in total. The van der Waals surface area contributed by atoms with Crippen LogP contribution in [-0.4, -0.2) is 28.9 Å². The fourth-order valence-electron chi connectivity index (χ4n) is 2.26. The van der Waals surface area contributed by atoms with Crippen LogP contribution in [0.2, 0.25) is 39.3 Å². The van der Waals surface area contributed by atoms with E-state index in [9.17, 15) is 13.2 Å². The van der Waals surface area contributed by atoms with E-state index in [0.29, 0.717) is 0 Å². The third-order valence-corrected chi connectivity index (χ3v) is 4.69. The summed E-state index contributed by atoms with van der Waals surface area (Å²) in [7, 11) is -4.73. The second kappa shape index (κ2) is 7.50. The number of halogens is 3. The lowest BCUT2D eigenvalue weighted by Crippen LogP contribution is -2.35. The van der Waals surface area contributed by atoms with Crippen LogP contribution in [0.3, 0.4) is 0 Å². The molecular weight excluding hydrogens is 341 g/mol. The molecule has 0 amide bonds. The molecule has 0 aliphatic heterocycles. The molecule has 23 heavy (non-hydrogen) atoms. The average molecular weight is 371 g/mol. The van der Waals surface area contributed by atoms with E-state index in [2.05, 4.69) is 0 Å². The first kappa shape index (κ1) is 20.4. The highest BCUT2D eigenvalue weighted by atomic mass is 28.4. The molecular formula is C15H29F3O3Si2. The van der Waals surface area contributed by atoms with Gasteiger partial charge in [-0.2, -0.15) is 13.2 Å².